The summed E-state index contributed by atoms with van der Waals surface area (Å²) in [6.07, 6.45) is 2.82. The Hall–Kier alpha value is -1.07. The Bertz CT molecular complexity index is 563. The molecule has 1 aromatic carbocycles. The summed E-state index contributed by atoms with van der Waals surface area (Å²) >= 11 is 3.56. The first-order valence-corrected chi connectivity index (χ1v) is 8.95. The van der Waals surface area contributed by atoms with Gasteiger partial charge in [0.25, 0.3) is 0 Å². The van der Waals surface area contributed by atoms with Crippen molar-refractivity contribution < 1.29 is 9.53 Å². The third-order valence-corrected chi connectivity index (χ3v) is 4.96. The van der Waals surface area contributed by atoms with Gasteiger partial charge in [-0.15, -0.1) is 0 Å². The number of amides is 1. The van der Waals surface area contributed by atoms with Crippen molar-refractivity contribution in [3.63, 3.8) is 0 Å². The first kappa shape index (κ1) is 18.3. The number of carbonyl (C=O) groups is 1. The van der Waals surface area contributed by atoms with Crippen molar-refractivity contribution in [2.45, 2.75) is 64.6 Å². The predicted molar refractivity (Wildman–Crippen MR) is 96.5 cm³/mol. The van der Waals surface area contributed by atoms with Crippen LogP contribution in [0.4, 0.5) is 4.79 Å². The Balaban J connectivity index is 1.84. The minimum atomic E-state index is -0.462. The second kappa shape index (κ2) is 7.22. The van der Waals surface area contributed by atoms with E-state index in [1.54, 1.807) is 0 Å². The Morgan fingerprint density at radius 3 is 2.57 bits per heavy atom. The third kappa shape index (κ3) is 5.50. The Morgan fingerprint density at radius 2 is 2.04 bits per heavy atom. The predicted octanol–water partition coefficient (Wildman–Crippen LogP) is 4.29. The highest BCUT2D eigenvalue weighted by molar-refractivity contribution is 9.10. The van der Waals surface area contributed by atoms with E-state index in [0.717, 1.165) is 36.8 Å². The normalized spacial score (nSPS) is 16.6. The van der Waals surface area contributed by atoms with Gasteiger partial charge in [-0.3, -0.25) is 0 Å². The molecule has 1 aliphatic carbocycles. The standard InChI is InChI=1S/C18H27BrN2O2/c1-13-6-7-14(10-15(13)19)11-20-12-18(8-5-9-18)21-16(22)23-17(2,3)4/h6-7,10,20H,5,8-9,11-12H2,1-4H3,(H,21,22). The summed E-state index contributed by atoms with van der Waals surface area (Å²) in [5.41, 5.74) is 1.84. The molecule has 1 aliphatic rings. The Morgan fingerprint density at radius 1 is 1.35 bits per heavy atom. The smallest absolute Gasteiger partial charge is 0.408 e. The van der Waals surface area contributed by atoms with Gasteiger partial charge in [-0.2, -0.15) is 0 Å². The lowest BCUT2D eigenvalue weighted by molar-refractivity contribution is 0.0382. The van der Waals surface area contributed by atoms with Gasteiger partial charge in [-0.25, -0.2) is 4.79 Å². The Kier molecular flexibility index (Phi) is 5.74. The number of alkyl carbamates (subject to hydrolysis) is 1. The molecule has 2 N–H and O–H groups in total. The van der Waals surface area contributed by atoms with Gasteiger partial charge < -0.3 is 15.4 Å². The van der Waals surface area contributed by atoms with E-state index >= 15 is 0 Å². The summed E-state index contributed by atoms with van der Waals surface area (Å²) in [5.74, 6) is 0. The van der Waals surface area contributed by atoms with E-state index in [0.29, 0.717) is 0 Å². The SMILES string of the molecule is Cc1ccc(CNCC2(NC(=O)OC(C)(C)C)CCC2)cc1Br. The molecule has 0 unspecified atom stereocenters. The highest BCUT2D eigenvalue weighted by Crippen LogP contribution is 2.31. The summed E-state index contributed by atoms with van der Waals surface area (Å²) in [7, 11) is 0. The molecular weight excluding hydrogens is 356 g/mol. The second-order valence-corrected chi connectivity index (χ2v) is 8.30. The highest BCUT2D eigenvalue weighted by atomic mass is 79.9. The first-order valence-electron chi connectivity index (χ1n) is 8.16. The van der Waals surface area contributed by atoms with Gasteiger partial charge in [0, 0.05) is 17.6 Å². The fourth-order valence-electron chi connectivity index (χ4n) is 2.66. The number of halogens is 1. The van der Waals surface area contributed by atoms with Crippen LogP contribution >= 0.6 is 15.9 Å². The zero-order valence-corrected chi connectivity index (χ0v) is 16.0. The van der Waals surface area contributed by atoms with E-state index in [1.165, 1.54) is 11.1 Å². The number of ether oxygens (including phenoxy) is 1. The van der Waals surface area contributed by atoms with Gasteiger partial charge in [0.2, 0.25) is 0 Å². The van der Waals surface area contributed by atoms with Crippen LogP contribution in [-0.2, 0) is 11.3 Å². The molecule has 0 aliphatic heterocycles. The van der Waals surface area contributed by atoms with E-state index in [4.69, 9.17) is 4.74 Å². The largest absolute Gasteiger partial charge is 0.444 e. The van der Waals surface area contributed by atoms with Crippen molar-refractivity contribution in [1.29, 1.82) is 0 Å². The number of benzene rings is 1. The van der Waals surface area contributed by atoms with E-state index in [1.807, 2.05) is 20.8 Å². The van der Waals surface area contributed by atoms with Crippen LogP contribution in [0.15, 0.2) is 22.7 Å². The molecule has 1 fully saturated rings. The molecule has 1 aromatic rings. The Labute approximate surface area is 147 Å². The highest BCUT2D eigenvalue weighted by Gasteiger charge is 2.39. The number of nitrogens with one attached hydrogen (secondary N) is 2. The quantitative estimate of drug-likeness (QED) is 0.797. The molecule has 4 nitrogen and oxygen atoms in total. The molecule has 0 bridgehead atoms. The van der Waals surface area contributed by atoms with Crippen LogP contribution in [0, 0.1) is 6.92 Å². The average molecular weight is 383 g/mol. The molecule has 2 rings (SSSR count). The summed E-state index contributed by atoms with van der Waals surface area (Å²) < 4.78 is 6.51. The van der Waals surface area contributed by atoms with Gasteiger partial charge in [0.05, 0.1) is 5.54 Å². The minimum Gasteiger partial charge on any atom is -0.444 e. The fraction of sp³-hybridized carbons (Fsp3) is 0.611. The van der Waals surface area contributed by atoms with Crippen LogP contribution < -0.4 is 10.6 Å². The van der Waals surface area contributed by atoms with Crippen LogP contribution in [-0.4, -0.2) is 23.8 Å². The molecule has 0 heterocycles. The number of aryl methyl sites for hydroxylation is 1. The first-order chi connectivity index (χ1) is 10.7. The maximum Gasteiger partial charge on any atom is 0.408 e. The molecule has 0 aromatic heterocycles. The van der Waals surface area contributed by atoms with Crippen LogP contribution in [0.5, 0.6) is 0 Å². The van der Waals surface area contributed by atoms with E-state index in [-0.39, 0.29) is 11.6 Å². The van der Waals surface area contributed by atoms with Crippen LogP contribution in [0.25, 0.3) is 0 Å². The van der Waals surface area contributed by atoms with Gasteiger partial charge in [-0.05, 0) is 64.2 Å². The van der Waals surface area contributed by atoms with Crippen LogP contribution in [0.2, 0.25) is 0 Å². The molecule has 128 valence electrons. The van der Waals surface area contributed by atoms with Crippen molar-refractivity contribution in [3.05, 3.63) is 33.8 Å². The lowest BCUT2D eigenvalue weighted by atomic mass is 9.76. The van der Waals surface area contributed by atoms with Crippen LogP contribution in [0.1, 0.15) is 51.2 Å². The third-order valence-electron chi connectivity index (χ3n) is 4.11. The molecule has 0 atom stereocenters. The summed E-state index contributed by atoms with van der Waals surface area (Å²) in [6.45, 7) is 9.28. The molecule has 0 spiro atoms. The minimum absolute atomic E-state index is 0.162. The van der Waals surface area contributed by atoms with Crippen LogP contribution in [0.3, 0.4) is 0 Å². The molecule has 1 saturated carbocycles. The lowest BCUT2D eigenvalue weighted by Crippen LogP contribution is -2.59. The number of hydrogen-bond acceptors (Lipinski definition) is 3. The molecular formula is C18H27BrN2O2. The van der Waals surface area contributed by atoms with Crippen molar-refractivity contribution >= 4 is 22.0 Å². The van der Waals surface area contributed by atoms with Crippen molar-refractivity contribution in [2.75, 3.05) is 6.54 Å². The van der Waals surface area contributed by atoms with Gasteiger partial charge >= 0.3 is 6.09 Å². The number of carbonyl (C=O) groups excluding carboxylic acids is 1. The van der Waals surface area contributed by atoms with E-state index in [9.17, 15) is 4.79 Å². The summed E-state index contributed by atoms with van der Waals surface area (Å²) in [5, 5.41) is 6.53. The van der Waals surface area contributed by atoms with Crippen molar-refractivity contribution in [1.82, 2.24) is 10.6 Å². The van der Waals surface area contributed by atoms with Gasteiger partial charge in [0.15, 0.2) is 0 Å². The summed E-state index contributed by atoms with van der Waals surface area (Å²) in [4.78, 5) is 12.0. The van der Waals surface area contributed by atoms with E-state index in [2.05, 4.69) is 51.7 Å². The van der Waals surface area contributed by atoms with Gasteiger partial charge in [-0.1, -0.05) is 28.1 Å². The molecule has 0 radical (unpaired) electrons. The zero-order valence-electron chi connectivity index (χ0n) is 14.5. The van der Waals surface area contributed by atoms with Gasteiger partial charge in [0.1, 0.15) is 5.60 Å². The van der Waals surface area contributed by atoms with Crippen molar-refractivity contribution in [2.24, 2.45) is 0 Å². The topological polar surface area (TPSA) is 50.4 Å². The average Bonchev–Trinajstić information content (AvgIpc) is 2.37. The monoisotopic (exact) mass is 382 g/mol. The maximum absolute atomic E-state index is 12.0. The second-order valence-electron chi connectivity index (χ2n) is 7.45. The molecule has 5 heteroatoms. The summed E-state index contributed by atoms with van der Waals surface area (Å²) in [6, 6.07) is 6.37. The van der Waals surface area contributed by atoms with Crippen molar-refractivity contribution in [3.8, 4) is 0 Å². The number of rotatable bonds is 5. The molecule has 23 heavy (non-hydrogen) atoms. The molecule has 1 amide bonds. The zero-order chi connectivity index (χ0) is 17.1. The number of hydrogen-bond donors (Lipinski definition) is 2. The molecule has 0 saturated heterocycles. The van der Waals surface area contributed by atoms with E-state index < -0.39 is 5.60 Å². The lowest BCUT2D eigenvalue weighted by Gasteiger charge is -2.42. The maximum atomic E-state index is 12.0. The fourth-order valence-corrected chi connectivity index (χ4v) is 3.09.